The van der Waals surface area contributed by atoms with E-state index in [-0.39, 0.29) is 24.0 Å². The maximum Gasteiger partial charge on any atom is 0.335 e. The van der Waals surface area contributed by atoms with Crippen LogP contribution in [-0.4, -0.2) is 69.5 Å². The van der Waals surface area contributed by atoms with Gasteiger partial charge in [-0.25, -0.2) is 4.79 Å². The molecule has 0 heterocycles. The van der Waals surface area contributed by atoms with Crippen molar-refractivity contribution >= 4 is 17.8 Å². The first-order chi connectivity index (χ1) is 18.5. The molecule has 0 unspecified atom stereocenters. The van der Waals surface area contributed by atoms with Crippen molar-refractivity contribution in [2.45, 2.75) is 83.5 Å². The van der Waals surface area contributed by atoms with Crippen molar-refractivity contribution in [1.29, 1.82) is 0 Å². The zero-order valence-electron chi connectivity index (χ0n) is 23.1. The fourth-order valence-electron chi connectivity index (χ4n) is 3.85. The number of rotatable bonds is 25. The average molecular weight is 537 g/mol. The normalized spacial score (nSPS) is 10.8. The first-order valence-corrected chi connectivity index (χ1v) is 14.1. The Morgan fingerprint density at radius 3 is 1.82 bits per heavy atom. The fourth-order valence-corrected chi connectivity index (χ4v) is 3.85. The van der Waals surface area contributed by atoms with Crippen LogP contribution in [0, 0.1) is 0 Å². The molecule has 0 spiro atoms. The van der Waals surface area contributed by atoms with E-state index in [4.69, 9.17) is 19.3 Å². The summed E-state index contributed by atoms with van der Waals surface area (Å²) in [7, 11) is 1.56. The van der Waals surface area contributed by atoms with Gasteiger partial charge in [0.25, 0.3) is 0 Å². The molecule has 0 saturated heterocycles. The van der Waals surface area contributed by atoms with Gasteiger partial charge in [-0.2, -0.15) is 0 Å². The minimum absolute atomic E-state index is 0.0341. The third-order valence-electron chi connectivity index (χ3n) is 6.12. The second kappa shape index (κ2) is 23.5. The predicted molar refractivity (Wildman–Crippen MR) is 148 cm³/mol. The van der Waals surface area contributed by atoms with Gasteiger partial charge in [-0.15, -0.1) is 0 Å². The van der Waals surface area contributed by atoms with E-state index in [0.29, 0.717) is 39.4 Å². The highest BCUT2D eigenvalue weighted by Gasteiger charge is 2.03. The van der Waals surface area contributed by atoms with Crippen molar-refractivity contribution in [2.75, 3.05) is 46.6 Å². The van der Waals surface area contributed by atoms with Crippen molar-refractivity contribution in [3.05, 3.63) is 29.8 Å². The molecule has 1 aromatic rings. The van der Waals surface area contributed by atoms with Gasteiger partial charge in [-0.3, -0.25) is 9.59 Å². The topological polar surface area (TPSA) is 123 Å². The van der Waals surface area contributed by atoms with Crippen LogP contribution in [0.5, 0.6) is 5.75 Å². The smallest absolute Gasteiger partial charge is 0.335 e. The van der Waals surface area contributed by atoms with E-state index >= 15 is 0 Å². The van der Waals surface area contributed by atoms with Crippen LogP contribution in [0.1, 0.15) is 93.8 Å². The predicted octanol–water partition coefficient (Wildman–Crippen LogP) is 4.73. The molecule has 0 aliphatic carbocycles. The molecule has 0 atom stereocenters. The number of benzene rings is 1. The number of aromatic carboxylic acids is 1. The molecule has 0 bridgehead atoms. The largest absolute Gasteiger partial charge is 0.494 e. The number of nitrogens with one attached hydrogen (secondary N) is 2. The lowest BCUT2D eigenvalue weighted by Crippen LogP contribution is -2.27. The third kappa shape index (κ3) is 19.5. The monoisotopic (exact) mass is 536 g/mol. The number of likely N-dealkylation sites (N-methyl/N-ethyl adjacent to an activating group) is 1. The summed E-state index contributed by atoms with van der Waals surface area (Å²) >= 11 is 0. The van der Waals surface area contributed by atoms with Gasteiger partial charge in [-0.05, 0) is 37.1 Å². The molecule has 0 fully saturated rings. The van der Waals surface area contributed by atoms with E-state index in [2.05, 4.69) is 10.6 Å². The van der Waals surface area contributed by atoms with E-state index in [9.17, 15) is 14.4 Å². The SMILES string of the molecule is CNC(=O)COCCOCCNC(=O)CCCCCCCCCCCCCCOc1ccc(C(=O)O)cc1. The van der Waals surface area contributed by atoms with Gasteiger partial charge >= 0.3 is 5.97 Å². The Hall–Kier alpha value is -2.65. The summed E-state index contributed by atoms with van der Waals surface area (Å²) in [4.78, 5) is 33.7. The summed E-state index contributed by atoms with van der Waals surface area (Å²) < 4.78 is 16.2. The van der Waals surface area contributed by atoms with E-state index in [1.807, 2.05) is 0 Å². The van der Waals surface area contributed by atoms with Crippen LogP contribution in [-0.2, 0) is 19.1 Å². The highest BCUT2D eigenvalue weighted by molar-refractivity contribution is 5.87. The molecule has 3 N–H and O–H groups in total. The lowest BCUT2D eigenvalue weighted by atomic mass is 10.0. The second-order valence-corrected chi connectivity index (χ2v) is 9.36. The van der Waals surface area contributed by atoms with Crippen molar-refractivity contribution in [1.82, 2.24) is 10.6 Å². The summed E-state index contributed by atoms with van der Waals surface area (Å²) in [6.45, 7) is 2.39. The van der Waals surface area contributed by atoms with Crippen molar-refractivity contribution < 1.29 is 33.7 Å². The number of carbonyl (C=O) groups excluding carboxylic acids is 2. The molecule has 1 aromatic carbocycles. The molecule has 0 aliphatic rings. The van der Waals surface area contributed by atoms with E-state index in [0.717, 1.165) is 31.4 Å². The van der Waals surface area contributed by atoms with Crippen LogP contribution >= 0.6 is 0 Å². The molecule has 9 nitrogen and oxygen atoms in total. The first kappa shape index (κ1) is 33.4. The van der Waals surface area contributed by atoms with Crippen LogP contribution in [0.4, 0.5) is 0 Å². The zero-order valence-corrected chi connectivity index (χ0v) is 23.1. The molecule has 0 saturated carbocycles. The van der Waals surface area contributed by atoms with Crippen molar-refractivity contribution in [2.24, 2.45) is 0 Å². The summed E-state index contributed by atoms with van der Waals surface area (Å²) in [5, 5.41) is 14.2. The molecule has 216 valence electrons. The van der Waals surface area contributed by atoms with Gasteiger partial charge in [0.05, 0.1) is 32.0 Å². The van der Waals surface area contributed by atoms with Crippen LogP contribution < -0.4 is 15.4 Å². The van der Waals surface area contributed by atoms with E-state index in [1.165, 1.54) is 51.4 Å². The fraction of sp³-hybridized carbons (Fsp3) is 0.690. The van der Waals surface area contributed by atoms with Crippen molar-refractivity contribution in [3.8, 4) is 5.75 Å². The average Bonchev–Trinajstić information content (AvgIpc) is 2.92. The highest BCUT2D eigenvalue weighted by Crippen LogP contribution is 2.15. The van der Waals surface area contributed by atoms with Gasteiger partial charge in [0, 0.05) is 20.0 Å². The molecule has 1 rings (SSSR count). The molecule has 9 heteroatoms. The van der Waals surface area contributed by atoms with E-state index in [1.54, 1.807) is 31.3 Å². The van der Waals surface area contributed by atoms with Crippen molar-refractivity contribution in [3.63, 3.8) is 0 Å². The number of carboxylic acid groups (broad SMARTS) is 1. The maximum atomic E-state index is 11.8. The number of carboxylic acids is 1. The molecular formula is C29H48N2O7. The standard InChI is InChI=1S/C29H48N2O7/c1-30-28(33)24-37-23-22-36-21-19-31-27(32)14-12-10-8-6-4-2-3-5-7-9-11-13-20-38-26-17-15-25(16-18-26)29(34)35/h15-18H,2-14,19-24H2,1H3,(H,30,33)(H,31,32)(H,34,35). The van der Waals surface area contributed by atoms with Crippen LogP contribution in [0.2, 0.25) is 0 Å². The Morgan fingerprint density at radius 1 is 0.684 bits per heavy atom. The number of hydrogen-bond acceptors (Lipinski definition) is 6. The molecule has 0 aromatic heterocycles. The minimum Gasteiger partial charge on any atom is -0.494 e. The van der Waals surface area contributed by atoms with Gasteiger partial charge < -0.3 is 30.0 Å². The van der Waals surface area contributed by atoms with Gasteiger partial charge in [0.15, 0.2) is 0 Å². The Bertz CT molecular complexity index is 756. The second-order valence-electron chi connectivity index (χ2n) is 9.36. The summed E-state index contributed by atoms with van der Waals surface area (Å²) in [6, 6.07) is 6.54. The highest BCUT2D eigenvalue weighted by atomic mass is 16.5. The van der Waals surface area contributed by atoms with Gasteiger partial charge in [-0.1, -0.05) is 64.2 Å². The lowest BCUT2D eigenvalue weighted by molar-refractivity contribution is -0.126. The Balaban J connectivity index is 1.76. The Kier molecular flexibility index (Phi) is 20.6. The Labute approximate surface area is 228 Å². The van der Waals surface area contributed by atoms with Crippen LogP contribution in [0.15, 0.2) is 24.3 Å². The quantitative estimate of drug-likeness (QED) is 0.154. The van der Waals surface area contributed by atoms with E-state index < -0.39 is 5.97 Å². The Morgan fingerprint density at radius 2 is 1.24 bits per heavy atom. The number of ether oxygens (including phenoxy) is 3. The molecular weight excluding hydrogens is 488 g/mol. The summed E-state index contributed by atoms with van der Waals surface area (Å²) in [5.74, 6) is -0.289. The number of amides is 2. The molecule has 38 heavy (non-hydrogen) atoms. The number of hydrogen-bond donors (Lipinski definition) is 3. The number of carbonyl (C=O) groups is 3. The lowest BCUT2D eigenvalue weighted by Gasteiger charge is -2.07. The maximum absolute atomic E-state index is 11.8. The molecule has 0 aliphatic heterocycles. The van der Waals surface area contributed by atoms with Crippen LogP contribution in [0.25, 0.3) is 0 Å². The van der Waals surface area contributed by atoms with Gasteiger partial charge in [0.1, 0.15) is 12.4 Å². The molecule has 0 radical (unpaired) electrons. The summed E-state index contributed by atoms with van der Waals surface area (Å²) in [6.07, 6.45) is 14.8. The zero-order chi connectivity index (χ0) is 27.7. The first-order valence-electron chi connectivity index (χ1n) is 14.1. The molecule has 2 amide bonds. The number of unbranched alkanes of at least 4 members (excludes halogenated alkanes) is 11. The minimum atomic E-state index is -0.923. The van der Waals surface area contributed by atoms with Gasteiger partial charge in [0.2, 0.25) is 11.8 Å². The van der Waals surface area contributed by atoms with Crippen LogP contribution in [0.3, 0.4) is 0 Å². The third-order valence-corrected chi connectivity index (χ3v) is 6.12. The summed E-state index contributed by atoms with van der Waals surface area (Å²) in [5.41, 5.74) is 0.275.